The lowest BCUT2D eigenvalue weighted by Crippen LogP contribution is -2.46. The molecule has 21 heavy (non-hydrogen) atoms. The van der Waals surface area contributed by atoms with Gasteiger partial charge in [-0.25, -0.2) is 13.1 Å². The van der Waals surface area contributed by atoms with E-state index in [0.29, 0.717) is 10.9 Å². The summed E-state index contributed by atoms with van der Waals surface area (Å²) in [6.45, 7) is 6.88. The average Bonchev–Trinajstić information content (AvgIpc) is 3.18. The molecule has 1 fully saturated rings. The third-order valence-corrected chi connectivity index (χ3v) is 7.11. The maximum absolute atomic E-state index is 12.6. The second-order valence-corrected chi connectivity index (χ2v) is 8.53. The molecule has 1 aromatic rings. The molecule has 0 radical (unpaired) electrons. The van der Waals surface area contributed by atoms with Crippen molar-refractivity contribution in [1.29, 1.82) is 0 Å². The lowest BCUT2D eigenvalue weighted by molar-refractivity contribution is 0.342. The van der Waals surface area contributed by atoms with Gasteiger partial charge in [0.05, 0.1) is 4.90 Å². The molecule has 1 aliphatic rings. The number of sulfonamides is 1. The van der Waals surface area contributed by atoms with Gasteiger partial charge < -0.3 is 5.32 Å². The predicted molar refractivity (Wildman–Crippen MR) is 88.1 cm³/mol. The van der Waals surface area contributed by atoms with Gasteiger partial charge in [-0.3, -0.25) is 0 Å². The Morgan fingerprint density at radius 1 is 1.24 bits per heavy atom. The van der Waals surface area contributed by atoms with Crippen molar-refractivity contribution in [3.05, 3.63) is 16.3 Å². The summed E-state index contributed by atoms with van der Waals surface area (Å²) in [5, 5.41) is 5.16. The molecule has 0 saturated heterocycles. The largest absolute Gasteiger partial charge is 0.309 e. The summed E-state index contributed by atoms with van der Waals surface area (Å²) in [6, 6.07) is 2.44. The fraction of sp³-hybridized carbons (Fsp3) is 0.733. The lowest BCUT2D eigenvalue weighted by atomic mass is 9.91. The molecular weight excluding hydrogens is 304 g/mol. The molecule has 0 aromatic carbocycles. The predicted octanol–water partition coefficient (Wildman–Crippen LogP) is 3.25. The first-order chi connectivity index (χ1) is 9.94. The summed E-state index contributed by atoms with van der Waals surface area (Å²) in [4.78, 5) is 1.48. The van der Waals surface area contributed by atoms with E-state index in [0.717, 1.165) is 30.7 Å². The van der Waals surface area contributed by atoms with Crippen molar-refractivity contribution >= 4 is 21.4 Å². The van der Waals surface area contributed by atoms with E-state index >= 15 is 0 Å². The second-order valence-electron chi connectivity index (χ2n) is 5.85. The van der Waals surface area contributed by atoms with Gasteiger partial charge in [0, 0.05) is 28.4 Å². The van der Waals surface area contributed by atoms with Gasteiger partial charge in [0.25, 0.3) is 0 Å². The van der Waals surface area contributed by atoms with Crippen LogP contribution in [0.15, 0.2) is 16.3 Å². The molecule has 1 aromatic heterocycles. The van der Waals surface area contributed by atoms with Crippen LogP contribution >= 0.6 is 11.3 Å². The Labute approximate surface area is 132 Å². The Bertz CT molecular complexity index is 550. The van der Waals surface area contributed by atoms with Crippen molar-refractivity contribution < 1.29 is 8.42 Å². The molecule has 1 aliphatic carbocycles. The Morgan fingerprint density at radius 3 is 2.38 bits per heavy atom. The molecule has 6 heteroatoms. The average molecular weight is 331 g/mol. The van der Waals surface area contributed by atoms with Crippen LogP contribution in [-0.2, 0) is 16.6 Å². The van der Waals surface area contributed by atoms with E-state index in [1.807, 2.05) is 20.8 Å². The minimum atomic E-state index is -3.42. The molecule has 1 saturated carbocycles. The van der Waals surface area contributed by atoms with E-state index in [1.54, 1.807) is 11.4 Å². The maximum Gasteiger partial charge on any atom is 0.241 e. The molecule has 0 aliphatic heterocycles. The second kappa shape index (κ2) is 6.77. The molecule has 2 N–H and O–H groups in total. The Kier molecular flexibility index (Phi) is 5.46. The van der Waals surface area contributed by atoms with Crippen LogP contribution in [0.2, 0.25) is 0 Å². The summed E-state index contributed by atoms with van der Waals surface area (Å²) in [5.41, 5.74) is -0.326. The molecule has 4 nitrogen and oxygen atoms in total. The first-order valence-electron chi connectivity index (χ1n) is 7.79. The summed E-state index contributed by atoms with van der Waals surface area (Å²) < 4.78 is 28.0. The summed E-state index contributed by atoms with van der Waals surface area (Å²) in [5.74, 6) is 0. The molecule has 0 atom stereocenters. The third kappa shape index (κ3) is 4.28. The van der Waals surface area contributed by atoms with Gasteiger partial charge in [0.15, 0.2) is 0 Å². The molecule has 2 rings (SSSR count). The molecule has 0 unspecified atom stereocenters. The molecule has 0 amide bonds. The number of nitrogens with one attached hydrogen (secondary N) is 2. The lowest BCUT2D eigenvalue weighted by Gasteiger charge is -2.31. The van der Waals surface area contributed by atoms with Crippen molar-refractivity contribution in [3.63, 3.8) is 0 Å². The summed E-state index contributed by atoms with van der Waals surface area (Å²) in [7, 11) is -3.42. The van der Waals surface area contributed by atoms with Crippen LogP contribution in [0.5, 0.6) is 0 Å². The molecular formula is C15H26N2O2S2. The smallest absolute Gasteiger partial charge is 0.241 e. The SMILES string of the molecule is CCC(CC)(CC)NS(=O)(=O)c1csc(CNC2CC2)c1. The van der Waals surface area contributed by atoms with Crippen LogP contribution in [0.25, 0.3) is 0 Å². The first kappa shape index (κ1) is 16.9. The Morgan fingerprint density at radius 2 is 1.86 bits per heavy atom. The maximum atomic E-state index is 12.6. The van der Waals surface area contributed by atoms with Gasteiger partial charge in [0.2, 0.25) is 10.0 Å². The van der Waals surface area contributed by atoms with Gasteiger partial charge in [-0.15, -0.1) is 11.3 Å². The van der Waals surface area contributed by atoms with E-state index in [1.165, 1.54) is 24.2 Å². The van der Waals surface area contributed by atoms with E-state index < -0.39 is 10.0 Å². The summed E-state index contributed by atoms with van der Waals surface area (Å²) in [6.07, 6.45) is 4.90. The van der Waals surface area contributed by atoms with Crippen molar-refractivity contribution in [2.24, 2.45) is 0 Å². The number of thiophene rings is 1. The fourth-order valence-electron chi connectivity index (χ4n) is 2.44. The molecule has 0 bridgehead atoms. The number of rotatable bonds is 9. The van der Waals surface area contributed by atoms with E-state index in [4.69, 9.17) is 0 Å². The zero-order valence-electron chi connectivity index (χ0n) is 13.1. The zero-order valence-corrected chi connectivity index (χ0v) is 14.7. The zero-order chi connectivity index (χ0) is 15.5. The van der Waals surface area contributed by atoms with Gasteiger partial charge in [0.1, 0.15) is 0 Å². The van der Waals surface area contributed by atoms with Crippen molar-refractivity contribution in [3.8, 4) is 0 Å². The van der Waals surface area contributed by atoms with Gasteiger partial charge >= 0.3 is 0 Å². The topological polar surface area (TPSA) is 58.2 Å². The minimum absolute atomic E-state index is 0.326. The number of hydrogen-bond acceptors (Lipinski definition) is 4. The van der Waals surface area contributed by atoms with Crippen molar-refractivity contribution in [1.82, 2.24) is 10.0 Å². The highest BCUT2D eigenvalue weighted by Crippen LogP contribution is 2.26. The van der Waals surface area contributed by atoms with Crippen molar-refractivity contribution in [2.45, 2.75) is 75.9 Å². The van der Waals surface area contributed by atoms with Crippen LogP contribution in [0, 0.1) is 0 Å². The highest BCUT2D eigenvalue weighted by molar-refractivity contribution is 7.89. The molecule has 1 heterocycles. The normalized spacial score (nSPS) is 16.3. The monoisotopic (exact) mass is 330 g/mol. The van der Waals surface area contributed by atoms with Gasteiger partial charge in [-0.2, -0.15) is 0 Å². The molecule has 120 valence electrons. The van der Waals surface area contributed by atoms with Gasteiger partial charge in [-0.1, -0.05) is 20.8 Å². The standard InChI is InChI=1S/C15H26N2O2S2/c1-4-15(5-2,6-3)17-21(18,19)14-9-13(20-11-14)10-16-12-7-8-12/h9,11-12,16-17H,4-8,10H2,1-3H3. The minimum Gasteiger partial charge on any atom is -0.309 e. The number of hydrogen-bond donors (Lipinski definition) is 2. The summed E-state index contributed by atoms with van der Waals surface area (Å²) >= 11 is 1.51. The Balaban J connectivity index is 2.07. The quantitative estimate of drug-likeness (QED) is 0.731. The van der Waals surface area contributed by atoms with E-state index in [-0.39, 0.29) is 5.54 Å². The van der Waals surface area contributed by atoms with E-state index in [2.05, 4.69) is 10.0 Å². The Hall–Kier alpha value is -0.430. The van der Waals surface area contributed by atoms with Crippen LogP contribution in [0.1, 0.15) is 57.8 Å². The first-order valence-corrected chi connectivity index (χ1v) is 10.2. The highest BCUT2D eigenvalue weighted by Gasteiger charge is 2.31. The van der Waals surface area contributed by atoms with Crippen LogP contribution in [0.4, 0.5) is 0 Å². The van der Waals surface area contributed by atoms with E-state index in [9.17, 15) is 8.42 Å². The van der Waals surface area contributed by atoms with Crippen molar-refractivity contribution in [2.75, 3.05) is 0 Å². The van der Waals surface area contributed by atoms with Crippen LogP contribution in [0.3, 0.4) is 0 Å². The highest BCUT2D eigenvalue weighted by atomic mass is 32.2. The van der Waals surface area contributed by atoms with Crippen LogP contribution < -0.4 is 10.0 Å². The molecule has 0 spiro atoms. The van der Waals surface area contributed by atoms with Crippen LogP contribution in [-0.4, -0.2) is 20.0 Å². The van der Waals surface area contributed by atoms with Gasteiger partial charge in [-0.05, 0) is 38.2 Å². The fourth-order valence-corrected chi connectivity index (χ4v) is 5.28. The third-order valence-electron chi connectivity index (χ3n) is 4.46.